The van der Waals surface area contributed by atoms with Crippen molar-refractivity contribution in [1.82, 2.24) is 4.57 Å². The molecule has 4 nitrogen and oxygen atoms in total. The molecule has 0 spiro atoms. The number of aryl methyl sites for hydroxylation is 1. The summed E-state index contributed by atoms with van der Waals surface area (Å²) in [6.07, 6.45) is 1.84. The summed E-state index contributed by atoms with van der Waals surface area (Å²) in [6.45, 7) is -0.0838. The minimum atomic E-state index is -0.317. The van der Waals surface area contributed by atoms with Crippen LogP contribution >= 0.6 is 22.9 Å². The number of ether oxygens (including phenoxy) is 1. The van der Waals surface area contributed by atoms with E-state index in [4.69, 9.17) is 16.3 Å². The number of nitrogens with zero attached hydrogens (tertiary/aromatic N) is 2. The monoisotopic (exact) mass is 282 g/mol. The zero-order chi connectivity index (χ0) is 13.0. The van der Waals surface area contributed by atoms with Gasteiger partial charge in [-0.05, 0) is 24.3 Å². The molecule has 0 bridgehead atoms. The first kappa shape index (κ1) is 12.9. The molecule has 0 aliphatic heterocycles. The Hall–Kier alpha value is -1.59. The topological polar surface area (TPSA) is 43.6 Å². The molecule has 0 saturated heterocycles. The zero-order valence-corrected chi connectivity index (χ0v) is 11.2. The predicted octanol–water partition coefficient (Wildman–Crippen LogP) is 2.25. The SMILES string of the molecule is Cn1ccsc1=NC(=O)COc1ccc(Cl)cc1. The average Bonchev–Trinajstić information content (AvgIpc) is 2.74. The van der Waals surface area contributed by atoms with Gasteiger partial charge in [0.2, 0.25) is 0 Å². The Kier molecular flexibility index (Phi) is 4.17. The fraction of sp³-hybridized carbons (Fsp3) is 0.167. The summed E-state index contributed by atoms with van der Waals surface area (Å²) in [6, 6.07) is 6.83. The van der Waals surface area contributed by atoms with Gasteiger partial charge < -0.3 is 9.30 Å². The molecule has 0 fully saturated rings. The number of hydrogen-bond acceptors (Lipinski definition) is 3. The Balaban J connectivity index is 1.97. The van der Waals surface area contributed by atoms with Gasteiger partial charge in [-0.2, -0.15) is 4.99 Å². The van der Waals surface area contributed by atoms with Crippen molar-refractivity contribution in [3.05, 3.63) is 45.7 Å². The zero-order valence-electron chi connectivity index (χ0n) is 9.67. The fourth-order valence-corrected chi connectivity index (χ4v) is 2.12. The molecule has 1 amide bonds. The quantitative estimate of drug-likeness (QED) is 0.867. The van der Waals surface area contributed by atoms with E-state index >= 15 is 0 Å². The van der Waals surface area contributed by atoms with E-state index in [-0.39, 0.29) is 12.5 Å². The van der Waals surface area contributed by atoms with E-state index in [0.29, 0.717) is 15.6 Å². The molecule has 0 aliphatic carbocycles. The van der Waals surface area contributed by atoms with Crippen LogP contribution in [0.5, 0.6) is 5.75 Å². The Bertz CT molecular complexity index is 601. The van der Waals surface area contributed by atoms with E-state index in [1.807, 2.05) is 18.6 Å². The van der Waals surface area contributed by atoms with Gasteiger partial charge in [0.15, 0.2) is 11.4 Å². The molecular formula is C12H11ClN2O2S. The Labute approximate surface area is 113 Å². The number of thiazole rings is 1. The minimum Gasteiger partial charge on any atom is -0.484 e. The lowest BCUT2D eigenvalue weighted by atomic mass is 10.3. The van der Waals surface area contributed by atoms with Gasteiger partial charge in [0.05, 0.1) is 0 Å². The van der Waals surface area contributed by atoms with Crippen molar-refractivity contribution >= 4 is 28.8 Å². The number of hydrogen-bond donors (Lipinski definition) is 0. The maximum atomic E-state index is 11.6. The lowest BCUT2D eigenvalue weighted by molar-refractivity contribution is -0.120. The molecule has 0 unspecified atom stereocenters. The molecule has 0 saturated carbocycles. The van der Waals surface area contributed by atoms with Crippen molar-refractivity contribution in [3.63, 3.8) is 0 Å². The van der Waals surface area contributed by atoms with Crippen molar-refractivity contribution in [1.29, 1.82) is 0 Å². The van der Waals surface area contributed by atoms with Crippen LogP contribution in [0, 0.1) is 0 Å². The number of amides is 1. The summed E-state index contributed by atoms with van der Waals surface area (Å²) in [7, 11) is 1.84. The second-order valence-electron chi connectivity index (χ2n) is 3.54. The smallest absolute Gasteiger partial charge is 0.286 e. The van der Waals surface area contributed by atoms with E-state index < -0.39 is 0 Å². The Morgan fingerprint density at radius 1 is 1.44 bits per heavy atom. The summed E-state index contributed by atoms with van der Waals surface area (Å²) in [5.74, 6) is 0.279. The van der Waals surface area contributed by atoms with Crippen LogP contribution in [0.4, 0.5) is 0 Å². The fourth-order valence-electron chi connectivity index (χ4n) is 1.25. The second kappa shape index (κ2) is 5.84. The van der Waals surface area contributed by atoms with Crippen LogP contribution in [-0.4, -0.2) is 17.1 Å². The van der Waals surface area contributed by atoms with Crippen LogP contribution in [0.25, 0.3) is 0 Å². The molecule has 2 rings (SSSR count). The molecule has 1 aromatic carbocycles. The summed E-state index contributed by atoms with van der Waals surface area (Å²) in [5, 5.41) is 2.50. The molecule has 6 heteroatoms. The van der Waals surface area contributed by atoms with Gasteiger partial charge in [-0.1, -0.05) is 11.6 Å². The van der Waals surface area contributed by atoms with E-state index in [1.54, 1.807) is 28.8 Å². The predicted molar refractivity (Wildman–Crippen MR) is 70.8 cm³/mol. The standard InChI is InChI=1S/C12H11ClN2O2S/c1-15-6-7-18-12(15)14-11(16)8-17-10-4-2-9(13)3-5-10/h2-7H,8H2,1H3. The first-order valence-electron chi connectivity index (χ1n) is 5.21. The third-order valence-corrected chi connectivity index (χ3v) is 3.26. The highest BCUT2D eigenvalue weighted by atomic mass is 35.5. The van der Waals surface area contributed by atoms with Crippen molar-refractivity contribution in [2.24, 2.45) is 12.0 Å². The van der Waals surface area contributed by atoms with Gasteiger partial charge in [-0.3, -0.25) is 4.79 Å². The van der Waals surface area contributed by atoms with E-state index in [1.165, 1.54) is 11.3 Å². The molecule has 18 heavy (non-hydrogen) atoms. The van der Waals surface area contributed by atoms with E-state index in [9.17, 15) is 4.79 Å². The van der Waals surface area contributed by atoms with Crippen LogP contribution in [0.15, 0.2) is 40.8 Å². The number of aromatic nitrogens is 1. The van der Waals surface area contributed by atoms with Gasteiger partial charge in [0.25, 0.3) is 5.91 Å². The van der Waals surface area contributed by atoms with Crippen LogP contribution in [0.2, 0.25) is 5.02 Å². The van der Waals surface area contributed by atoms with E-state index in [0.717, 1.165) is 0 Å². The first-order valence-corrected chi connectivity index (χ1v) is 6.47. The molecule has 1 aromatic heterocycles. The minimum absolute atomic E-state index is 0.0838. The maximum absolute atomic E-state index is 11.6. The highest BCUT2D eigenvalue weighted by Crippen LogP contribution is 2.15. The highest BCUT2D eigenvalue weighted by molar-refractivity contribution is 7.07. The van der Waals surface area contributed by atoms with Crippen molar-refractivity contribution in [3.8, 4) is 5.75 Å². The molecule has 0 aliphatic rings. The normalized spacial score (nSPS) is 11.6. The van der Waals surface area contributed by atoms with Crippen LogP contribution in [-0.2, 0) is 11.8 Å². The lowest BCUT2D eigenvalue weighted by Gasteiger charge is -2.02. The molecule has 0 radical (unpaired) electrons. The maximum Gasteiger partial charge on any atom is 0.286 e. The number of benzene rings is 1. The van der Waals surface area contributed by atoms with Crippen LogP contribution in [0.3, 0.4) is 0 Å². The Morgan fingerprint density at radius 3 is 2.78 bits per heavy atom. The molecule has 2 aromatic rings. The second-order valence-corrected chi connectivity index (χ2v) is 4.85. The van der Waals surface area contributed by atoms with Crippen molar-refractivity contribution in [2.75, 3.05) is 6.61 Å². The highest BCUT2D eigenvalue weighted by Gasteiger charge is 2.01. The molecule has 0 N–H and O–H groups in total. The number of carbonyl (C=O) groups is 1. The third-order valence-electron chi connectivity index (χ3n) is 2.16. The lowest BCUT2D eigenvalue weighted by Crippen LogP contribution is -2.16. The molecule has 94 valence electrons. The van der Waals surface area contributed by atoms with Crippen LogP contribution < -0.4 is 9.54 Å². The summed E-state index contributed by atoms with van der Waals surface area (Å²) >= 11 is 7.15. The van der Waals surface area contributed by atoms with Gasteiger partial charge >= 0.3 is 0 Å². The molecular weight excluding hydrogens is 272 g/mol. The van der Waals surface area contributed by atoms with Gasteiger partial charge in [0, 0.05) is 23.6 Å². The number of rotatable bonds is 3. The number of carbonyl (C=O) groups excluding carboxylic acids is 1. The van der Waals surface area contributed by atoms with Crippen molar-refractivity contribution < 1.29 is 9.53 Å². The largest absolute Gasteiger partial charge is 0.484 e. The Morgan fingerprint density at radius 2 is 2.17 bits per heavy atom. The van der Waals surface area contributed by atoms with E-state index in [2.05, 4.69) is 4.99 Å². The van der Waals surface area contributed by atoms with Gasteiger partial charge in [-0.15, -0.1) is 11.3 Å². The first-order chi connectivity index (χ1) is 8.65. The van der Waals surface area contributed by atoms with Gasteiger partial charge in [0.1, 0.15) is 5.75 Å². The third kappa shape index (κ3) is 3.45. The van der Waals surface area contributed by atoms with Crippen molar-refractivity contribution in [2.45, 2.75) is 0 Å². The summed E-state index contributed by atoms with van der Waals surface area (Å²) in [4.78, 5) is 16.2. The summed E-state index contributed by atoms with van der Waals surface area (Å²) < 4.78 is 7.09. The molecule has 0 atom stereocenters. The van der Waals surface area contributed by atoms with Gasteiger partial charge in [-0.25, -0.2) is 0 Å². The summed E-state index contributed by atoms with van der Waals surface area (Å²) in [5.41, 5.74) is 0. The average molecular weight is 283 g/mol. The molecule has 1 heterocycles. The van der Waals surface area contributed by atoms with Crippen LogP contribution in [0.1, 0.15) is 0 Å². The number of halogens is 1.